The van der Waals surface area contributed by atoms with Crippen molar-refractivity contribution in [3.63, 3.8) is 0 Å². The maximum atomic E-state index is 13.6. The Morgan fingerprint density at radius 3 is 2.65 bits per heavy atom. The zero-order valence-electron chi connectivity index (χ0n) is 8.84. The fraction of sp³-hybridized carbons (Fsp3) is 0.364. The van der Waals surface area contributed by atoms with Gasteiger partial charge in [-0.2, -0.15) is 13.2 Å². The summed E-state index contributed by atoms with van der Waals surface area (Å²) >= 11 is 0. The van der Waals surface area contributed by atoms with Crippen LogP contribution in [0.1, 0.15) is 11.1 Å². The second-order valence-electron chi connectivity index (χ2n) is 3.77. The van der Waals surface area contributed by atoms with Crippen LogP contribution in [-0.2, 0) is 12.7 Å². The summed E-state index contributed by atoms with van der Waals surface area (Å²) in [6.07, 6.45) is -3.13. The van der Waals surface area contributed by atoms with E-state index in [4.69, 9.17) is 0 Å². The van der Waals surface area contributed by atoms with Crippen LogP contribution in [0, 0.1) is 5.82 Å². The fourth-order valence-corrected chi connectivity index (χ4v) is 1.68. The molecule has 6 heteroatoms. The van der Waals surface area contributed by atoms with Gasteiger partial charge >= 0.3 is 6.18 Å². The normalized spacial score (nSPS) is 15.6. The molecule has 0 saturated carbocycles. The molecule has 1 aliphatic heterocycles. The Hall–Kier alpha value is -1.59. The van der Waals surface area contributed by atoms with Gasteiger partial charge in [0.1, 0.15) is 5.82 Å². The number of rotatable bonds is 2. The van der Waals surface area contributed by atoms with Crippen molar-refractivity contribution < 1.29 is 17.6 Å². The molecular formula is C11H10F4N2. The Kier molecular flexibility index (Phi) is 3.04. The maximum Gasteiger partial charge on any atom is 0.419 e. The molecule has 0 N–H and O–H groups in total. The van der Waals surface area contributed by atoms with Crippen molar-refractivity contribution >= 4 is 6.34 Å². The highest BCUT2D eigenvalue weighted by molar-refractivity contribution is 5.57. The zero-order valence-corrected chi connectivity index (χ0v) is 8.84. The van der Waals surface area contributed by atoms with Crippen LogP contribution in [0.3, 0.4) is 0 Å². The molecule has 0 bridgehead atoms. The second kappa shape index (κ2) is 4.35. The van der Waals surface area contributed by atoms with E-state index in [1.54, 1.807) is 4.90 Å². The number of alkyl halides is 3. The van der Waals surface area contributed by atoms with Gasteiger partial charge in [0.25, 0.3) is 0 Å². The van der Waals surface area contributed by atoms with Crippen LogP contribution in [-0.4, -0.2) is 24.3 Å². The van der Waals surface area contributed by atoms with Crippen LogP contribution in [0.2, 0.25) is 0 Å². The molecule has 17 heavy (non-hydrogen) atoms. The highest BCUT2D eigenvalue weighted by atomic mass is 19.4. The molecule has 1 aromatic carbocycles. The van der Waals surface area contributed by atoms with Crippen LogP contribution >= 0.6 is 0 Å². The SMILES string of the molecule is Fc1c(CN2C=NCC2)cccc1C(F)(F)F. The van der Waals surface area contributed by atoms with Gasteiger partial charge in [-0.1, -0.05) is 12.1 Å². The lowest BCUT2D eigenvalue weighted by Crippen LogP contribution is -2.20. The first-order valence-corrected chi connectivity index (χ1v) is 5.07. The number of halogens is 4. The summed E-state index contributed by atoms with van der Waals surface area (Å²) in [6, 6.07) is 3.32. The molecule has 92 valence electrons. The molecule has 0 aliphatic carbocycles. The van der Waals surface area contributed by atoms with E-state index >= 15 is 0 Å². The number of nitrogens with zero attached hydrogens (tertiary/aromatic N) is 2. The molecule has 1 aliphatic rings. The molecular weight excluding hydrogens is 236 g/mol. The number of hydrogen-bond donors (Lipinski definition) is 0. The summed E-state index contributed by atoms with van der Waals surface area (Å²) in [5.74, 6) is -1.19. The van der Waals surface area contributed by atoms with Crippen molar-refractivity contribution in [2.75, 3.05) is 13.1 Å². The van der Waals surface area contributed by atoms with Crippen molar-refractivity contribution in [1.29, 1.82) is 0 Å². The van der Waals surface area contributed by atoms with Crippen molar-refractivity contribution in [1.82, 2.24) is 4.90 Å². The second-order valence-corrected chi connectivity index (χ2v) is 3.77. The molecule has 0 atom stereocenters. The van der Waals surface area contributed by atoms with Gasteiger partial charge in [-0.3, -0.25) is 4.99 Å². The third kappa shape index (κ3) is 2.57. The summed E-state index contributed by atoms with van der Waals surface area (Å²) in [7, 11) is 0. The molecule has 0 radical (unpaired) electrons. The van der Waals surface area contributed by atoms with E-state index in [9.17, 15) is 17.6 Å². The lowest BCUT2D eigenvalue weighted by atomic mass is 10.1. The van der Waals surface area contributed by atoms with Crippen LogP contribution in [0.15, 0.2) is 23.2 Å². The van der Waals surface area contributed by atoms with Crippen molar-refractivity contribution in [2.45, 2.75) is 12.7 Å². The van der Waals surface area contributed by atoms with Crippen LogP contribution in [0.4, 0.5) is 17.6 Å². The number of benzene rings is 1. The lowest BCUT2D eigenvalue weighted by molar-refractivity contribution is -0.140. The van der Waals surface area contributed by atoms with Gasteiger partial charge in [-0.05, 0) is 6.07 Å². The van der Waals surface area contributed by atoms with E-state index in [0.29, 0.717) is 13.1 Å². The molecule has 1 heterocycles. The molecule has 1 aromatic rings. The van der Waals surface area contributed by atoms with E-state index in [2.05, 4.69) is 4.99 Å². The monoisotopic (exact) mass is 246 g/mol. The lowest BCUT2D eigenvalue weighted by Gasteiger charge is -2.16. The van der Waals surface area contributed by atoms with Gasteiger partial charge in [-0.25, -0.2) is 4.39 Å². The van der Waals surface area contributed by atoms with Crippen molar-refractivity contribution in [2.24, 2.45) is 4.99 Å². The van der Waals surface area contributed by atoms with Crippen LogP contribution < -0.4 is 0 Å². The molecule has 2 rings (SSSR count). The van der Waals surface area contributed by atoms with Gasteiger partial charge in [-0.15, -0.1) is 0 Å². The molecule has 0 aromatic heterocycles. The minimum Gasteiger partial charge on any atom is -0.357 e. The topological polar surface area (TPSA) is 15.6 Å². The molecule has 0 unspecified atom stereocenters. The average Bonchev–Trinajstić information content (AvgIpc) is 2.72. The number of hydrogen-bond acceptors (Lipinski definition) is 2. The molecule has 0 saturated heterocycles. The van der Waals surface area contributed by atoms with E-state index < -0.39 is 17.6 Å². The van der Waals surface area contributed by atoms with E-state index in [1.807, 2.05) is 0 Å². The van der Waals surface area contributed by atoms with Gasteiger partial charge in [0.05, 0.1) is 18.4 Å². The molecule has 0 amide bonds. The summed E-state index contributed by atoms with van der Waals surface area (Å²) < 4.78 is 51.0. The first kappa shape index (κ1) is 11.9. The minimum absolute atomic E-state index is 0.0353. The standard InChI is InChI=1S/C11H10F4N2/c12-10-8(6-17-5-4-16-7-17)2-1-3-9(10)11(13,14)15/h1-3,7H,4-6H2. The Bertz CT molecular complexity index is 440. The van der Waals surface area contributed by atoms with Gasteiger partial charge in [0.2, 0.25) is 0 Å². The van der Waals surface area contributed by atoms with E-state index in [0.717, 1.165) is 6.07 Å². The summed E-state index contributed by atoms with van der Waals surface area (Å²) in [5, 5.41) is 0. The van der Waals surface area contributed by atoms with Crippen molar-refractivity contribution in [3.8, 4) is 0 Å². The Morgan fingerprint density at radius 2 is 2.06 bits per heavy atom. The zero-order chi connectivity index (χ0) is 12.5. The summed E-state index contributed by atoms with van der Waals surface area (Å²) in [5.41, 5.74) is -1.18. The fourth-order valence-electron chi connectivity index (χ4n) is 1.68. The minimum atomic E-state index is -4.65. The van der Waals surface area contributed by atoms with Gasteiger partial charge in [0, 0.05) is 18.7 Å². The summed E-state index contributed by atoms with van der Waals surface area (Å²) in [4.78, 5) is 5.60. The molecule has 0 spiro atoms. The quantitative estimate of drug-likeness (QED) is 0.732. The van der Waals surface area contributed by atoms with E-state index in [-0.39, 0.29) is 12.1 Å². The van der Waals surface area contributed by atoms with Gasteiger partial charge < -0.3 is 4.90 Å². The number of aliphatic imine (C=N–C) groups is 1. The van der Waals surface area contributed by atoms with Gasteiger partial charge in [0.15, 0.2) is 0 Å². The average molecular weight is 246 g/mol. The highest BCUT2D eigenvalue weighted by Gasteiger charge is 2.34. The first-order chi connectivity index (χ1) is 7.98. The Balaban J connectivity index is 2.26. The van der Waals surface area contributed by atoms with Crippen LogP contribution in [0.5, 0.6) is 0 Å². The predicted molar refractivity (Wildman–Crippen MR) is 55.2 cm³/mol. The third-order valence-electron chi connectivity index (χ3n) is 2.52. The summed E-state index contributed by atoms with van der Waals surface area (Å²) in [6.45, 7) is 1.31. The van der Waals surface area contributed by atoms with Crippen LogP contribution in [0.25, 0.3) is 0 Å². The molecule has 0 fully saturated rings. The maximum absolute atomic E-state index is 13.6. The first-order valence-electron chi connectivity index (χ1n) is 5.07. The highest BCUT2D eigenvalue weighted by Crippen LogP contribution is 2.32. The molecule has 2 nitrogen and oxygen atoms in total. The predicted octanol–water partition coefficient (Wildman–Crippen LogP) is 2.69. The Labute approximate surface area is 95.6 Å². The third-order valence-corrected chi connectivity index (χ3v) is 2.52. The Morgan fingerprint density at radius 1 is 1.29 bits per heavy atom. The van der Waals surface area contributed by atoms with E-state index in [1.165, 1.54) is 18.5 Å². The largest absolute Gasteiger partial charge is 0.419 e. The smallest absolute Gasteiger partial charge is 0.357 e. The van der Waals surface area contributed by atoms with Crippen molar-refractivity contribution in [3.05, 3.63) is 35.1 Å².